The van der Waals surface area contributed by atoms with E-state index in [2.05, 4.69) is 5.32 Å². The number of halogens is 2. The van der Waals surface area contributed by atoms with Crippen molar-refractivity contribution in [2.45, 2.75) is 19.9 Å². The van der Waals surface area contributed by atoms with Crippen molar-refractivity contribution in [1.82, 2.24) is 5.32 Å². The van der Waals surface area contributed by atoms with Crippen LogP contribution in [0.25, 0.3) is 0 Å². The summed E-state index contributed by atoms with van der Waals surface area (Å²) in [5, 5.41) is 11.5. The molecular weight excluding hydrogens is 238 g/mol. The Morgan fingerprint density at radius 3 is 2.56 bits per heavy atom. The molecule has 0 aliphatic carbocycles. The second kappa shape index (κ2) is 7.75. The Bertz CT molecular complexity index is 406. The Morgan fingerprint density at radius 2 is 2.00 bits per heavy atom. The summed E-state index contributed by atoms with van der Waals surface area (Å²) < 4.78 is 32.1. The maximum atomic E-state index is 13.5. The van der Waals surface area contributed by atoms with E-state index in [0.717, 1.165) is 18.6 Å². The molecule has 0 spiro atoms. The van der Waals surface area contributed by atoms with E-state index in [1.54, 1.807) is 6.07 Å². The first-order chi connectivity index (χ1) is 8.69. The summed E-state index contributed by atoms with van der Waals surface area (Å²) in [4.78, 5) is 0. The van der Waals surface area contributed by atoms with Gasteiger partial charge in [-0.25, -0.2) is 8.78 Å². The van der Waals surface area contributed by atoms with Crippen LogP contribution < -0.4 is 5.32 Å². The fourth-order valence-corrected chi connectivity index (χ4v) is 1.49. The van der Waals surface area contributed by atoms with Gasteiger partial charge >= 0.3 is 0 Å². The number of nitrogens with one attached hydrogen (secondary N) is 1. The Balaban J connectivity index is 2.45. The van der Waals surface area contributed by atoms with Crippen LogP contribution in [0.3, 0.4) is 0 Å². The number of benzene rings is 1. The number of ether oxygens (including phenoxy) is 1. The zero-order valence-corrected chi connectivity index (χ0v) is 10.3. The maximum absolute atomic E-state index is 13.5. The molecule has 98 valence electrons. The Morgan fingerprint density at radius 1 is 1.33 bits per heavy atom. The highest BCUT2D eigenvalue weighted by molar-refractivity contribution is 5.34. The fraction of sp³-hybridized carbons (Fsp3) is 0.462. The summed E-state index contributed by atoms with van der Waals surface area (Å²) in [5.74, 6) is -1.38. The standard InChI is InChI=1S/C13H16F2N2O/c1-2-18-5-3-4-17-9-11-12(14)6-10(8-16)7-13(11)15/h6-7,17H,2-5,9H2,1H3. The number of hydrogen-bond donors (Lipinski definition) is 1. The van der Waals surface area contributed by atoms with Crippen molar-refractivity contribution in [3.05, 3.63) is 34.9 Å². The largest absolute Gasteiger partial charge is 0.382 e. The highest BCUT2D eigenvalue weighted by atomic mass is 19.1. The normalized spacial score (nSPS) is 10.3. The molecule has 0 aromatic heterocycles. The summed E-state index contributed by atoms with van der Waals surface area (Å²) in [5.41, 5.74) is -0.0458. The number of hydrogen-bond acceptors (Lipinski definition) is 3. The zero-order chi connectivity index (χ0) is 13.4. The smallest absolute Gasteiger partial charge is 0.131 e. The van der Waals surface area contributed by atoms with Gasteiger partial charge in [-0.1, -0.05) is 0 Å². The molecule has 0 fully saturated rings. The molecule has 0 saturated heterocycles. The van der Waals surface area contributed by atoms with Gasteiger partial charge in [0.2, 0.25) is 0 Å². The predicted octanol–water partition coefficient (Wildman–Crippen LogP) is 2.35. The van der Waals surface area contributed by atoms with E-state index in [4.69, 9.17) is 10.00 Å². The summed E-state index contributed by atoms with van der Waals surface area (Å²) in [6, 6.07) is 3.79. The summed E-state index contributed by atoms with van der Waals surface area (Å²) in [6.45, 7) is 3.93. The third-order valence-corrected chi connectivity index (χ3v) is 2.42. The van der Waals surface area contributed by atoms with E-state index in [1.807, 2.05) is 6.92 Å². The van der Waals surface area contributed by atoms with Crippen LogP contribution in [0.1, 0.15) is 24.5 Å². The number of nitrogens with zero attached hydrogens (tertiary/aromatic N) is 1. The quantitative estimate of drug-likeness (QED) is 0.760. The van der Waals surface area contributed by atoms with Gasteiger partial charge in [-0.15, -0.1) is 0 Å². The molecule has 0 unspecified atom stereocenters. The lowest BCUT2D eigenvalue weighted by Crippen LogP contribution is -2.18. The van der Waals surface area contributed by atoms with Crippen molar-refractivity contribution in [2.24, 2.45) is 0 Å². The van der Waals surface area contributed by atoms with E-state index >= 15 is 0 Å². The van der Waals surface area contributed by atoms with Gasteiger partial charge in [0.15, 0.2) is 0 Å². The highest BCUT2D eigenvalue weighted by Crippen LogP contribution is 2.14. The first kappa shape index (κ1) is 14.6. The van der Waals surface area contributed by atoms with Crippen molar-refractivity contribution in [3.8, 4) is 6.07 Å². The first-order valence-electron chi connectivity index (χ1n) is 5.85. The molecule has 3 nitrogen and oxygen atoms in total. The first-order valence-corrected chi connectivity index (χ1v) is 5.85. The zero-order valence-electron chi connectivity index (χ0n) is 10.3. The minimum atomic E-state index is -0.691. The lowest BCUT2D eigenvalue weighted by molar-refractivity contribution is 0.144. The van der Waals surface area contributed by atoms with Gasteiger partial charge in [0.1, 0.15) is 11.6 Å². The fourth-order valence-electron chi connectivity index (χ4n) is 1.49. The number of rotatable bonds is 7. The van der Waals surface area contributed by atoms with E-state index < -0.39 is 11.6 Å². The van der Waals surface area contributed by atoms with Gasteiger partial charge in [-0.3, -0.25) is 0 Å². The van der Waals surface area contributed by atoms with Crippen molar-refractivity contribution in [1.29, 1.82) is 5.26 Å². The minimum Gasteiger partial charge on any atom is -0.382 e. The number of nitriles is 1. The highest BCUT2D eigenvalue weighted by Gasteiger charge is 2.10. The molecule has 18 heavy (non-hydrogen) atoms. The third kappa shape index (κ3) is 4.40. The van der Waals surface area contributed by atoms with Crippen molar-refractivity contribution in [3.63, 3.8) is 0 Å². The molecule has 1 aromatic carbocycles. The van der Waals surface area contributed by atoms with E-state index in [9.17, 15) is 8.78 Å². The molecule has 0 bridgehead atoms. The molecule has 0 radical (unpaired) electrons. The molecule has 0 heterocycles. The molecule has 1 rings (SSSR count). The second-order valence-corrected chi connectivity index (χ2v) is 3.76. The summed E-state index contributed by atoms with van der Waals surface area (Å²) in [7, 11) is 0. The molecule has 1 N–H and O–H groups in total. The molecule has 0 amide bonds. The Kier molecular flexibility index (Phi) is 6.26. The SMILES string of the molecule is CCOCCCNCc1c(F)cc(C#N)cc1F. The lowest BCUT2D eigenvalue weighted by Gasteiger charge is -2.07. The van der Waals surface area contributed by atoms with Crippen LogP contribution in [0.4, 0.5) is 8.78 Å². The van der Waals surface area contributed by atoms with Crippen LogP contribution in [0.15, 0.2) is 12.1 Å². The van der Waals surface area contributed by atoms with Crippen LogP contribution in [-0.2, 0) is 11.3 Å². The van der Waals surface area contributed by atoms with Crippen molar-refractivity contribution in [2.75, 3.05) is 19.8 Å². The lowest BCUT2D eigenvalue weighted by atomic mass is 10.1. The molecule has 1 aromatic rings. The Labute approximate surface area is 105 Å². The maximum Gasteiger partial charge on any atom is 0.131 e. The molecule has 5 heteroatoms. The van der Waals surface area contributed by atoms with E-state index in [-0.39, 0.29) is 17.7 Å². The molecule has 0 aliphatic heterocycles. The topological polar surface area (TPSA) is 45.0 Å². The molecule has 0 aliphatic rings. The van der Waals surface area contributed by atoms with Crippen LogP contribution in [0.2, 0.25) is 0 Å². The monoisotopic (exact) mass is 254 g/mol. The average molecular weight is 254 g/mol. The van der Waals surface area contributed by atoms with Crippen LogP contribution in [-0.4, -0.2) is 19.8 Å². The van der Waals surface area contributed by atoms with Gasteiger partial charge in [0.25, 0.3) is 0 Å². The Hall–Kier alpha value is -1.51. The van der Waals surface area contributed by atoms with Crippen LogP contribution >= 0.6 is 0 Å². The molecule has 0 saturated carbocycles. The minimum absolute atomic E-state index is 0.00917. The predicted molar refractivity (Wildman–Crippen MR) is 63.9 cm³/mol. The van der Waals surface area contributed by atoms with Gasteiger partial charge < -0.3 is 10.1 Å². The summed E-state index contributed by atoms with van der Waals surface area (Å²) >= 11 is 0. The summed E-state index contributed by atoms with van der Waals surface area (Å²) in [6.07, 6.45) is 0.785. The van der Waals surface area contributed by atoms with Gasteiger partial charge in [0, 0.05) is 25.3 Å². The van der Waals surface area contributed by atoms with Gasteiger partial charge in [0.05, 0.1) is 11.6 Å². The third-order valence-electron chi connectivity index (χ3n) is 2.42. The molecule has 0 atom stereocenters. The average Bonchev–Trinajstić information content (AvgIpc) is 2.35. The van der Waals surface area contributed by atoms with Crippen LogP contribution in [0, 0.1) is 23.0 Å². The second-order valence-electron chi connectivity index (χ2n) is 3.76. The molecular formula is C13H16F2N2O. The van der Waals surface area contributed by atoms with Crippen molar-refractivity contribution < 1.29 is 13.5 Å². The van der Waals surface area contributed by atoms with E-state index in [1.165, 1.54) is 0 Å². The van der Waals surface area contributed by atoms with Gasteiger partial charge in [-0.05, 0) is 32.0 Å². The van der Waals surface area contributed by atoms with E-state index in [0.29, 0.717) is 19.8 Å². The van der Waals surface area contributed by atoms with Crippen molar-refractivity contribution >= 4 is 0 Å². The van der Waals surface area contributed by atoms with Gasteiger partial charge in [-0.2, -0.15) is 5.26 Å². The van der Waals surface area contributed by atoms with Crippen LogP contribution in [0.5, 0.6) is 0 Å².